The largest absolute Gasteiger partial charge is 0.279 e. The fourth-order valence-electron chi connectivity index (χ4n) is 2.08. The highest BCUT2D eigenvalue weighted by molar-refractivity contribution is 6.30. The molecule has 4 nitrogen and oxygen atoms in total. The van der Waals surface area contributed by atoms with Crippen LogP contribution in [0.3, 0.4) is 0 Å². The Kier molecular flexibility index (Phi) is 6.25. The van der Waals surface area contributed by atoms with Gasteiger partial charge in [0.1, 0.15) is 0 Å². The van der Waals surface area contributed by atoms with Gasteiger partial charge in [0.15, 0.2) is 0 Å². The Morgan fingerprint density at radius 3 is 1.23 bits per heavy atom. The summed E-state index contributed by atoms with van der Waals surface area (Å²) in [7, 11) is 0. The van der Waals surface area contributed by atoms with Gasteiger partial charge in [-0.1, -0.05) is 47.5 Å². The van der Waals surface area contributed by atoms with E-state index < -0.39 is 0 Å². The lowest BCUT2D eigenvalue weighted by Gasteiger charge is -2.01. The first kappa shape index (κ1) is 18.0. The first-order chi connectivity index (χ1) is 12.7. The molecule has 0 atom stereocenters. The van der Waals surface area contributed by atoms with Gasteiger partial charge in [-0.25, -0.2) is 0 Å². The SMILES string of the molecule is Clc1ccc(N/N=C/c2ccc(/C=N/Nc3ccc(Cl)cc3)cc2)cc1. The molecule has 0 bridgehead atoms. The number of halogens is 2. The quantitative estimate of drug-likeness (QED) is 0.412. The Morgan fingerprint density at radius 2 is 0.885 bits per heavy atom. The minimum Gasteiger partial charge on any atom is -0.279 e. The van der Waals surface area contributed by atoms with E-state index in [0.29, 0.717) is 10.0 Å². The first-order valence-electron chi connectivity index (χ1n) is 7.88. The monoisotopic (exact) mass is 382 g/mol. The topological polar surface area (TPSA) is 48.8 Å². The number of nitrogens with zero attached hydrogens (tertiary/aromatic N) is 2. The molecule has 0 saturated heterocycles. The molecule has 0 aliphatic rings. The summed E-state index contributed by atoms with van der Waals surface area (Å²) >= 11 is 11.7. The number of benzene rings is 3. The van der Waals surface area contributed by atoms with Gasteiger partial charge in [0, 0.05) is 10.0 Å². The third-order valence-electron chi connectivity index (χ3n) is 3.44. The standard InChI is InChI=1S/C20H16Cl2N4/c21-17-5-9-19(10-6-17)25-23-13-15-1-2-16(4-3-15)14-24-26-20-11-7-18(22)8-12-20/h1-14,25-26H/b23-13+,24-14+. The van der Waals surface area contributed by atoms with Crippen molar-refractivity contribution in [2.45, 2.75) is 0 Å². The van der Waals surface area contributed by atoms with Crippen LogP contribution in [0.4, 0.5) is 11.4 Å². The predicted octanol–water partition coefficient (Wildman–Crippen LogP) is 5.89. The van der Waals surface area contributed by atoms with Crippen LogP contribution in [0.5, 0.6) is 0 Å². The Labute approximate surface area is 162 Å². The van der Waals surface area contributed by atoms with Crippen LogP contribution in [-0.2, 0) is 0 Å². The van der Waals surface area contributed by atoms with Crippen LogP contribution in [0.15, 0.2) is 83.0 Å². The predicted molar refractivity (Wildman–Crippen MR) is 112 cm³/mol. The maximum absolute atomic E-state index is 5.85. The summed E-state index contributed by atoms with van der Waals surface area (Å²) in [4.78, 5) is 0. The molecule has 3 rings (SSSR count). The lowest BCUT2D eigenvalue weighted by molar-refractivity contribution is 1.34. The molecule has 0 aliphatic heterocycles. The Balaban J connectivity index is 1.52. The van der Waals surface area contributed by atoms with Crippen LogP contribution in [0.1, 0.15) is 11.1 Å². The number of hydrazone groups is 2. The fraction of sp³-hybridized carbons (Fsp3) is 0. The van der Waals surface area contributed by atoms with Crippen molar-refractivity contribution in [1.82, 2.24) is 0 Å². The molecule has 26 heavy (non-hydrogen) atoms. The lowest BCUT2D eigenvalue weighted by atomic mass is 10.2. The van der Waals surface area contributed by atoms with Crippen molar-refractivity contribution in [3.8, 4) is 0 Å². The van der Waals surface area contributed by atoms with Crippen LogP contribution in [-0.4, -0.2) is 12.4 Å². The minimum absolute atomic E-state index is 0.697. The van der Waals surface area contributed by atoms with Gasteiger partial charge in [0.05, 0.1) is 23.8 Å². The van der Waals surface area contributed by atoms with Gasteiger partial charge >= 0.3 is 0 Å². The smallest absolute Gasteiger partial charge is 0.0562 e. The second-order valence-electron chi connectivity index (χ2n) is 5.42. The fourth-order valence-corrected chi connectivity index (χ4v) is 2.33. The van der Waals surface area contributed by atoms with E-state index in [-0.39, 0.29) is 0 Å². The molecule has 3 aromatic carbocycles. The Hall–Kier alpha value is -2.82. The summed E-state index contributed by atoms with van der Waals surface area (Å²) in [6.45, 7) is 0. The highest BCUT2D eigenvalue weighted by Gasteiger charge is 1.93. The molecule has 2 N–H and O–H groups in total. The number of anilines is 2. The number of hydrogen-bond acceptors (Lipinski definition) is 4. The average Bonchev–Trinajstić information content (AvgIpc) is 2.66. The summed E-state index contributed by atoms with van der Waals surface area (Å²) in [5.74, 6) is 0. The van der Waals surface area contributed by atoms with E-state index in [1.54, 1.807) is 12.4 Å². The van der Waals surface area contributed by atoms with Gasteiger partial charge in [-0.2, -0.15) is 10.2 Å². The highest BCUT2D eigenvalue weighted by atomic mass is 35.5. The normalized spacial score (nSPS) is 11.2. The second kappa shape index (κ2) is 9.04. The molecule has 0 spiro atoms. The van der Waals surface area contributed by atoms with Crippen molar-refractivity contribution in [2.75, 3.05) is 10.9 Å². The molecule has 0 aliphatic carbocycles. The summed E-state index contributed by atoms with van der Waals surface area (Å²) in [6, 6.07) is 22.6. The van der Waals surface area contributed by atoms with Crippen LogP contribution in [0.25, 0.3) is 0 Å². The Bertz CT molecular complexity index is 810. The molecule has 3 aromatic rings. The van der Waals surface area contributed by atoms with Crippen molar-refractivity contribution in [1.29, 1.82) is 0 Å². The van der Waals surface area contributed by atoms with Gasteiger partial charge in [-0.05, 0) is 59.7 Å². The van der Waals surface area contributed by atoms with E-state index in [1.165, 1.54) is 0 Å². The molecule has 6 heteroatoms. The number of hydrogen-bond donors (Lipinski definition) is 2. The molecule has 130 valence electrons. The van der Waals surface area contributed by atoms with E-state index in [0.717, 1.165) is 22.5 Å². The van der Waals surface area contributed by atoms with Gasteiger partial charge in [0.2, 0.25) is 0 Å². The molecule has 0 unspecified atom stereocenters. The van der Waals surface area contributed by atoms with Crippen LogP contribution >= 0.6 is 23.2 Å². The van der Waals surface area contributed by atoms with Gasteiger partial charge in [-0.15, -0.1) is 0 Å². The Morgan fingerprint density at radius 1 is 0.538 bits per heavy atom. The summed E-state index contributed by atoms with van der Waals surface area (Å²) in [5, 5.41) is 9.80. The first-order valence-corrected chi connectivity index (χ1v) is 8.64. The van der Waals surface area contributed by atoms with Crippen LogP contribution < -0.4 is 10.9 Å². The number of rotatable bonds is 6. The maximum Gasteiger partial charge on any atom is 0.0562 e. The van der Waals surface area contributed by atoms with Gasteiger partial charge in [0.25, 0.3) is 0 Å². The lowest BCUT2D eigenvalue weighted by Crippen LogP contribution is -1.92. The van der Waals surface area contributed by atoms with Crippen molar-refractivity contribution >= 4 is 47.0 Å². The van der Waals surface area contributed by atoms with Crippen molar-refractivity contribution in [3.05, 3.63) is 94.0 Å². The van der Waals surface area contributed by atoms with Crippen molar-refractivity contribution in [2.24, 2.45) is 10.2 Å². The molecule has 0 aromatic heterocycles. The molecule has 0 heterocycles. The molecular formula is C20H16Cl2N4. The minimum atomic E-state index is 0.697. The van der Waals surface area contributed by atoms with Gasteiger partial charge in [-0.3, -0.25) is 10.9 Å². The third-order valence-corrected chi connectivity index (χ3v) is 3.94. The van der Waals surface area contributed by atoms with Crippen LogP contribution in [0, 0.1) is 0 Å². The molecule has 0 saturated carbocycles. The maximum atomic E-state index is 5.85. The zero-order valence-corrected chi connectivity index (χ0v) is 15.2. The van der Waals surface area contributed by atoms with Crippen molar-refractivity contribution < 1.29 is 0 Å². The van der Waals surface area contributed by atoms with Crippen LogP contribution in [0.2, 0.25) is 10.0 Å². The van der Waals surface area contributed by atoms with E-state index in [1.807, 2.05) is 72.8 Å². The molecule has 0 fully saturated rings. The second-order valence-corrected chi connectivity index (χ2v) is 6.29. The summed E-state index contributed by atoms with van der Waals surface area (Å²) in [5.41, 5.74) is 9.63. The molecule has 0 radical (unpaired) electrons. The number of nitrogens with one attached hydrogen (secondary N) is 2. The average molecular weight is 383 g/mol. The molecule has 0 amide bonds. The third kappa shape index (κ3) is 5.62. The zero-order valence-electron chi connectivity index (χ0n) is 13.7. The zero-order chi connectivity index (χ0) is 18.2. The van der Waals surface area contributed by atoms with E-state index >= 15 is 0 Å². The van der Waals surface area contributed by atoms with Gasteiger partial charge < -0.3 is 0 Å². The van der Waals surface area contributed by atoms with E-state index in [4.69, 9.17) is 23.2 Å². The van der Waals surface area contributed by atoms with E-state index in [2.05, 4.69) is 21.1 Å². The van der Waals surface area contributed by atoms with Crippen molar-refractivity contribution in [3.63, 3.8) is 0 Å². The summed E-state index contributed by atoms with van der Waals surface area (Å²) in [6.07, 6.45) is 3.50. The highest BCUT2D eigenvalue weighted by Crippen LogP contribution is 2.14. The van der Waals surface area contributed by atoms with E-state index in [9.17, 15) is 0 Å². The molecular weight excluding hydrogens is 367 g/mol. The summed E-state index contributed by atoms with van der Waals surface area (Å²) < 4.78 is 0.